The molecule has 8 nitrogen and oxygen atoms in total. The highest BCUT2D eigenvalue weighted by Gasteiger charge is 2.26. The first-order valence-electron chi connectivity index (χ1n) is 12.1. The number of amides is 1. The average Bonchev–Trinajstić information content (AvgIpc) is 3.35. The number of aromatic nitrogens is 2. The van der Waals surface area contributed by atoms with Crippen LogP contribution in [0.25, 0.3) is 16.9 Å². The Hall–Kier alpha value is -3.95. The minimum atomic E-state index is -3.83. The Labute approximate surface area is 217 Å². The quantitative estimate of drug-likeness (QED) is 0.302. The van der Waals surface area contributed by atoms with E-state index in [0.717, 1.165) is 17.7 Å². The molecule has 0 saturated heterocycles. The number of nitrogens with zero attached hydrogens (tertiary/aromatic N) is 3. The fourth-order valence-electron chi connectivity index (χ4n) is 3.84. The molecule has 4 rings (SSSR count). The molecule has 37 heavy (non-hydrogen) atoms. The van der Waals surface area contributed by atoms with Gasteiger partial charge in [-0.25, -0.2) is 13.1 Å². The molecule has 0 aliphatic carbocycles. The molecular weight excluding hydrogens is 488 g/mol. The van der Waals surface area contributed by atoms with E-state index in [1.165, 1.54) is 16.4 Å². The van der Waals surface area contributed by atoms with Crippen LogP contribution < -0.4 is 10.1 Å². The van der Waals surface area contributed by atoms with Crippen molar-refractivity contribution in [3.63, 3.8) is 0 Å². The summed E-state index contributed by atoms with van der Waals surface area (Å²) < 4.78 is 34.7. The van der Waals surface area contributed by atoms with Crippen molar-refractivity contribution in [1.82, 2.24) is 14.1 Å². The maximum Gasteiger partial charge on any atom is 0.243 e. The molecule has 9 heteroatoms. The van der Waals surface area contributed by atoms with E-state index in [2.05, 4.69) is 5.32 Å². The van der Waals surface area contributed by atoms with Gasteiger partial charge in [-0.1, -0.05) is 61.9 Å². The highest BCUT2D eigenvalue weighted by molar-refractivity contribution is 7.89. The predicted molar refractivity (Wildman–Crippen MR) is 144 cm³/mol. The molecule has 1 amide bonds. The molecule has 0 radical (unpaired) electrons. The molecule has 1 heterocycles. The Morgan fingerprint density at radius 1 is 0.973 bits per heavy atom. The maximum absolute atomic E-state index is 13.3. The maximum atomic E-state index is 13.3. The number of anilines is 1. The van der Waals surface area contributed by atoms with Crippen molar-refractivity contribution in [2.45, 2.75) is 24.7 Å². The Kier molecular flexibility index (Phi) is 8.37. The fraction of sp³-hybridized carbons (Fsp3) is 0.214. The summed E-state index contributed by atoms with van der Waals surface area (Å²) in [7, 11) is -2.24. The number of carbonyl (C=O) groups is 1. The Bertz CT molecular complexity index is 1420. The molecule has 1 aromatic heterocycles. The Morgan fingerprint density at radius 2 is 1.62 bits per heavy atom. The largest absolute Gasteiger partial charge is 0.497 e. The lowest BCUT2D eigenvalue weighted by Crippen LogP contribution is -2.38. The van der Waals surface area contributed by atoms with Gasteiger partial charge in [0.25, 0.3) is 0 Å². The molecule has 0 spiro atoms. The predicted octanol–water partition coefficient (Wildman–Crippen LogP) is 4.98. The second kappa shape index (κ2) is 11.9. The number of rotatable bonds is 11. The van der Waals surface area contributed by atoms with E-state index in [9.17, 15) is 13.2 Å². The number of unbranched alkanes of at least 4 members (excludes halogenated alkanes) is 1. The summed E-state index contributed by atoms with van der Waals surface area (Å²) in [5.41, 5.74) is 2.28. The van der Waals surface area contributed by atoms with Crippen molar-refractivity contribution in [1.29, 1.82) is 0 Å². The average molecular weight is 519 g/mol. The van der Waals surface area contributed by atoms with Crippen molar-refractivity contribution >= 4 is 21.7 Å². The molecule has 3 aromatic carbocycles. The number of carbonyl (C=O) groups excluding carboxylic acids is 1. The summed E-state index contributed by atoms with van der Waals surface area (Å²) in [5, 5.41) is 7.60. The fourth-order valence-corrected chi connectivity index (χ4v) is 5.30. The zero-order chi connectivity index (χ0) is 26.3. The number of hydrogen-bond donors (Lipinski definition) is 1. The van der Waals surface area contributed by atoms with E-state index in [4.69, 9.17) is 9.84 Å². The molecule has 0 bridgehead atoms. The van der Waals surface area contributed by atoms with Crippen LogP contribution in [0, 0.1) is 0 Å². The van der Waals surface area contributed by atoms with Gasteiger partial charge < -0.3 is 10.1 Å². The van der Waals surface area contributed by atoms with Gasteiger partial charge in [0.05, 0.1) is 29.9 Å². The van der Waals surface area contributed by atoms with E-state index in [1.54, 1.807) is 36.1 Å². The lowest BCUT2D eigenvalue weighted by molar-refractivity contribution is -0.116. The zero-order valence-corrected chi connectivity index (χ0v) is 21.7. The first-order chi connectivity index (χ1) is 17.9. The summed E-state index contributed by atoms with van der Waals surface area (Å²) in [6, 6.07) is 26.9. The van der Waals surface area contributed by atoms with Gasteiger partial charge in [-0.2, -0.15) is 9.40 Å². The normalized spacial score (nSPS) is 11.4. The summed E-state index contributed by atoms with van der Waals surface area (Å²) in [6.07, 6.45) is 1.44. The van der Waals surface area contributed by atoms with Gasteiger partial charge in [-0.15, -0.1) is 0 Å². The third-order valence-electron chi connectivity index (χ3n) is 5.83. The third kappa shape index (κ3) is 6.25. The summed E-state index contributed by atoms with van der Waals surface area (Å²) in [6.45, 7) is 1.91. The molecule has 0 aliphatic rings. The Balaban J connectivity index is 1.63. The topological polar surface area (TPSA) is 93.5 Å². The number of nitrogens with one attached hydrogen (secondary N) is 1. The van der Waals surface area contributed by atoms with Gasteiger partial charge in [-0.05, 0) is 42.8 Å². The van der Waals surface area contributed by atoms with E-state index in [1.807, 2.05) is 61.5 Å². The molecular formula is C28H30N4O4S. The van der Waals surface area contributed by atoms with Gasteiger partial charge >= 0.3 is 0 Å². The van der Waals surface area contributed by atoms with Crippen LogP contribution in [-0.4, -0.2) is 48.6 Å². The highest BCUT2D eigenvalue weighted by Crippen LogP contribution is 2.26. The second-order valence-corrected chi connectivity index (χ2v) is 10.4. The molecule has 0 saturated carbocycles. The van der Waals surface area contributed by atoms with Crippen molar-refractivity contribution in [3.8, 4) is 22.7 Å². The number of benzene rings is 3. The first kappa shape index (κ1) is 26.1. The van der Waals surface area contributed by atoms with E-state index >= 15 is 0 Å². The van der Waals surface area contributed by atoms with Crippen LogP contribution >= 0.6 is 0 Å². The highest BCUT2D eigenvalue weighted by atomic mass is 32.2. The van der Waals surface area contributed by atoms with Crippen LogP contribution in [0.3, 0.4) is 0 Å². The van der Waals surface area contributed by atoms with Gasteiger partial charge in [0.15, 0.2) is 0 Å². The van der Waals surface area contributed by atoms with Gasteiger partial charge in [0.2, 0.25) is 15.9 Å². The monoisotopic (exact) mass is 518 g/mol. The molecule has 0 aliphatic heterocycles. The minimum Gasteiger partial charge on any atom is -0.497 e. The van der Waals surface area contributed by atoms with Crippen molar-refractivity contribution in [3.05, 3.63) is 91.0 Å². The number of methoxy groups -OCH3 is 1. The molecule has 0 atom stereocenters. The van der Waals surface area contributed by atoms with Crippen LogP contribution in [-0.2, 0) is 14.8 Å². The smallest absolute Gasteiger partial charge is 0.243 e. The molecule has 0 unspecified atom stereocenters. The third-order valence-corrected chi connectivity index (χ3v) is 7.68. The number of ether oxygens (including phenoxy) is 1. The molecule has 1 N–H and O–H groups in total. The van der Waals surface area contributed by atoms with E-state index in [-0.39, 0.29) is 18.0 Å². The van der Waals surface area contributed by atoms with Crippen LogP contribution in [0.1, 0.15) is 19.8 Å². The number of sulfonamides is 1. The van der Waals surface area contributed by atoms with Crippen molar-refractivity contribution < 1.29 is 17.9 Å². The minimum absolute atomic E-state index is 0.161. The lowest BCUT2D eigenvalue weighted by atomic mass is 10.2. The van der Waals surface area contributed by atoms with Gasteiger partial charge in [-0.3, -0.25) is 4.79 Å². The molecule has 192 valence electrons. The number of hydrogen-bond acceptors (Lipinski definition) is 5. The van der Waals surface area contributed by atoms with E-state index in [0.29, 0.717) is 23.7 Å². The SMILES string of the molecule is CCCCN(CC(=O)Nc1cc(-c2ccccc2)nn1-c1ccc(OC)cc1)S(=O)(=O)c1ccccc1. The van der Waals surface area contributed by atoms with Crippen LogP contribution in [0.15, 0.2) is 95.9 Å². The molecule has 4 aromatic rings. The summed E-state index contributed by atoms with van der Waals surface area (Å²) in [4.78, 5) is 13.4. The lowest BCUT2D eigenvalue weighted by Gasteiger charge is -2.21. The van der Waals surface area contributed by atoms with Crippen LogP contribution in [0.5, 0.6) is 5.75 Å². The standard InChI is InChI=1S/C28H30N4O4S/c1-3-4-19-31(37(34,35)25-13-9-6-10-14-25)21-28(33)29-27-20-26(22-11-7-5-8-12-22)30-32(27)23-15-17-24(36-2)18-16-23/h5-18,20H,3-4,19,21H2,1-2H3,(H,29,33). The summed E-state index contributed by atoms with van der Waals surface area (Å²) >= 11 is 0. The first-order valence-corrected chi connectivity index (χ1v) is 13.5. The van der Waals surface area contributed by atoms with Crippen molar-refractivity contribution in [2.24, 2.45) is 0 Å². The Morgan fingerprint density at radius 3 is 2.24 bits per heavy atom. The second-order valence-electron chi connectivity index (χ2n) is 8.44. The summed E-state index contributed by atoms with van der Waals surface area (Å²) in [5.74, 6) is 0.675. The zero-order valence-electron chi connectivity index (χ0n) is 20.9. The van der Waals surface area contributed by atoms with Gasteiger partial charge in [0.1, 0.15) is 11.6 Å². The van der Waals surface area contributed by atoms with Gasteiger partial charge in [0, 0.05) is 18.2 Å². The van der Waals surface area contributed by atoms with Crippen LogP contribution in [0.2, 0.25) is 0 Å². The van der Waals surface area contributed by atoms with E-state index < -0.39 is 15.9 Å². The van der Waals surface area contributed by atoms with Crippen LogP contribution in [0.4, 0.5) is 5.82 Å². The van der Waals surface area contributed by atoms with Crippen molar-refractivity contribution in [2.75, 3.05) is 25.5 Å². The molecule has 0 fully saturated rings.